The lowest BCUT2D eigenvalue weighted by molar-refractivity contribution is -0.280. The number of ether oxygens (including phenoxy) is 9. The van der Waals surface area contributed by atoms with Gasteiger partial charge in [-0.1, -0.05) is 52.4 Å². The highest BCUT2D eigenvalue weighted by Crippen LogP contribution is 2.50. The van der Waals surface area contributed by atoms with Crippen LogP contribution in [-0.2, 0) is 93.1 Å². The van der Waals surface area contributed by atoms with Gasteiger partial charge in [-0.05, 0) is 59.3 Å². The Kier molecular flexibility index (Phi) is 34.9. The summed E-state index contributed by atoms with van der Waals surface area (Å²) in [4.78, 5) is 56.3. The lowest BCUT2D eigenvalue weighted by Gasteiger charge is -2.40. The van der Waals surface area contributed by atoms with Crippen LogP contribution in [0, 0.1) is 11.8 Å². The number of phosphoric ester groups is 3. The molecular weight excluding hydrogens is 1200 g/mol. The number of unbranched alkanes of at least 4 members (excludes halogenated alkanes) is 8. The van der Waals surface area contributed by atoms with Gasteiger partial charge in [-0.25, -0.2) is 13.7 Å². The smallest absolute Gasteiger partial charge is 0.394 e. The average Bonchev–Trinajstić information content (AvgIpc) is 4.18. The van der Waals surface area contributed by atoms with E-state index in [9.17, 15) is 73.7 Å². The first kappa shape index (κ1) is 76.5. The van der Waals surface area contributed by atoms with E-state index in [2.05, 4.69) is 0 Å². The minimum Gasteiger partial charge on any atom is -0.394 e. The van der Waals surface area contributed by atoms with Crippen LogP contribution in [0.25, 0.3) is 0 Å². The molecule has 10 N–H and O–H groups in total. The van der Waals surface area contributed by atoms with E-state index in [1.807, 2.05) is 20.8 Å². The first-order valence-corrected chi connectivity index (χ1v) is 33.9. The van der Waals surface area contributed by atoms with E-state index in [4.69, 9.17) is 69.8 Å². The van der Waals surface area contributed by atoms with Crippen LogP contribution in [0.4, 0.5) is 0 Å². The Morgan fingerprint density at radius 3 is 1.28 bits per heavy atom. The summed E-state index contributed by atoms with van der Waals surface area (Å²) in [6.45, 7) is 5.65. The zero-order valence-electron chi connectivity index (χ0n) is 49.5. The molecule has 9 unspecified atom stereocenters. The average molecular weight is 1300 g/mol. The molecule has 0 aromatic carbocycles. The van der Waals surface area contributed by atoms with Gasteiger partial charge in [-0.15, -0.1) is 0 Å². The van der Waals surface area contributed by atoms with Crippen molar-refractivity contribution in [3.8, 4) is 0 Å². The molecule has 85 heavy (non-hydrogen) atoms. The summed E-state index contributed by atoms with van der Waals surface area (Å²) in [6.07, 6.45) is -7.65. The first-order chi connectivity index (χ1) is 40.2. The molecule has 4 aliphatic rings. The van der Waals surface area contributed by atoms with Crippen LogP contribution in [-0.4, -0.2) is 233 Å². The summed E-state index contributed by atoms with van der Waals surface area (Å²) in [5, 5.41) is 69.0. The van der Waals surface area contributed by atoms with Crippen LogP contribution in [0.3, 0.4) is 0 Å². The zero-order valence-corrected chi connectivity index (χ0v) is 52.2. The van der Waals surface area contributed by atoms with Crippen LogP contribution < -0.4 is 0 Å². The Balaban J connectivity index is 1.10. The number of hydrogen-bond acceptors (Lipinski definition) is 27. The number of aliphatic hydroxyl groups excluding tert-OH is 7. The summed E-state index contributed by atoms with van der Waals surface area (Å²) in [6, 6.07) is 0. The normalized spacial score (nSPS) is 32.3. The monoisotopic (exact) mass is 1290 g/mol. The van der Waals surface area contributed by atoms with Crippen LogP contribution in [0.5, 0.6) is 0 Å². The second-order valence-corrected chi connectivity index (χ2v) is 26.9. The van der Waals surface area contributed by atoms with Gasteiger partial charge in [0.2, 0.25) is 0 Å². The van der Waals surface area contributed by atoms with Gasteiger partial charge in [0.05, 0.1) is 64.1 Å². The molecule has 30 nitrogen and oxygen atoms in total. The first-order valence-electron chi connectivity index (χ1n) is 29.4. The molecule has 0 spiro atoms. The maximum Gasteiger partial charge on any atom is 0.472 e. The van der Waals surface area contributed by atoms with Crippen LogP contribution in [0.1, 0.15) is 137 Å². The second-order valence-electron chi connectivity index (χ2n) is 22.6. The molecule has 4 fully saturated rings. The maximum absolute atomic E-state index is 13.0. The Labute approximate surface area is 497 Å². The van der Waals surface area contributed by atoms with E-state index in [0.29, 0.717) is 25.7 Å². The van der Waals surface area contributed by atoms with Crippen molar-refractivity contribution in [1.29, 1.82) is 0 Å². The van der Waals surface area contributed by atoms with Gasteiger partial charge in [-0.2, -0.15) is 0 Å². The molecule has 0 aromatic rings. The standard InChI is InChI=1S/C52H97O30P3/c1-34-46(58)48(60)41(29-54)79-50(34)70-31-36(56)18-12-8-6-10-14-20-68-44-26-38(40(28-53)77-44)81-84(64,65)75-25-17-24-73-83(62,63)76-33-43-39(82-85(66,67)74-23-16-22-72-52(3,4)5)27-45(78-43)69-21-15-11-7-9-13-19-37(57)32-71-51-35(2)47(59)49(61)42(30-55)80-51/h34-35,38-51,53-55,58-61H,6-33H2,1-5H3,(H,62,63)(H,64,65)(H,66,67)/t34?,35?,38?,39?,40-,41?,42?,43-,44+,45+,46-,47-,48+,49+,50-,51-/m1/s1. The summed E-state index contributed by atoms with van der Waals surface area (Å²) in [5.74, 6) is -1.54. The van der Waals surface area contributed by atoms with Crippen molar-refractivity contribution in [2.75, 3.05) is 79.3 Å². The molecule has 0 amide bonds. The molecule has 4 aliphatic heterocycles. The number of Topliss-reactive ketones (excluding diaryl/α,β-unsaturated/α-hetero) is 2. The Morgan fingerprint density at radius 1 is 0.459 bits per heavy atom. The largest absolute Gasteiger partial charge is 0.472 e. The molecule has 0 aromatic heterocycles. The van der Waals surface area contributed by atoms with Gasteiger partial charge in [0.25, 0.3) is 0 Å². The topological polar surface area (TPSA) is 426 Å². The van der Waals surface area contributed by atoms with Gasteiger partial charge < -0.3 is 93.1 Å². The van der Waals surface area contributed by atoms with E-state index in [0.717, 1.165) is 38.5 Å². The van der Waals surface area contributed by atoms with Crippen molar-refractivity contribution >= 4 is 35.0 Å². The highest BCUT2D eigenvalue weighted by molar-refractivity contribution is 7.48. The number of rotatable bonds is 45. The van der Waals surface area contributed by atoms with Gasteiger partial charge in [-0.3, -0.25) is 36.7 Å². The van der Waals surface area contributed by atoms with E-state index in [1.54, 1.807) is 13.8 Å². The summed E-state index contributed by atoms with van der Waals surface area (Å²) >= 11 is 0. The fourth-order valence-electron chi connectivity index (χ4n) is 9.40. The molecule has 0 saturated carbocycles. The Bertz CT molecular complexity index is 2040. The number of hydrogen-bond donors (Lipinski definition) is 10. The number of aliphatic hydroxyl groups is 7. The third-order valence-electron chi connectivity index (χ3n) is 14.3. The quantitative estimate of drug-likeness (QED) is 0.0309. The van der Waals surface area contributed by atoms with E-state index in [-0.39, 0.29) is 89.7 Å². The molecule has 4 saturated heterocycles. The number of phosphoric acid groups is 3. The predicted molar refractivity (Wildman–Crippen MR) is 295 cm³/mol. The molecule has 500 valence electrons. The summed E-state index contributed by atoms with van der Waals surface area (Å²) in [5.41, 5.74) is -0.434. The van der Waals surface area contributed by atoms with Gasteiger partial charge in [0, 0.05) is 57.3 Å². The molecule has 4 heterocycles. The molecule has 33 heteroatoms. The van der Waals surface area contributed by atoms with Crippen molar-refractivity contribution in [1.82, 2.24) is 0 Å². The molecular formula is C52H97O30P3. The lowest BCUT2D eigenvalue weighted by Crippen LogP contribution is -2.55. The summed E-state index contributed by atoms with van der Waals surface area (Å²) < 4.78 is 121. The highest BCUT2D eigenvalue weighted by Gasteiger charge is 2.46. The van der Waals surface area contributed by atoms with Crippen LogP contribution >= 0.6 is 23.5 Å². The fraction of sp³-hybridized carbons (Fsp3) is 0.962. The van der Waals surface area contributed by atoms with E-state index in [1.165, 1.54) is 0 Å². The minimum absolute atomic E-state index is 0.00101. The number of carbonyl (C=O) groups excluding carboxylic acids is 2. The fourth-order valence-corrected chi connectivity index (χ4v) is 12.1. The number of ketones is 2. The predicted octanol–water partition coefficient (Wildman–Crippen LogP) is 2.98. The van der Waals surface area contributed by atoms with Gasteiger partial charge >= 0.3 is 23.5 Å². The zero-order chi connectivity index (χ0) is 62.8. The SMILES string of the molecule is CC1[C@H](OCC(=O)CCCCCCCO[C@@H]2CC(OP(=O)(O)OCCCOP(=O)(O)OC[C@H]3O[C@H](OCCCCCCCC(=O)CO[C@@H]4OC(CO)[C@H](O)[C@H](O)C4C)CC3OP(=O)(O)OCCCOC(C)(C)C)[C@@H](CO)O2)OC(CO)[C@H](O)[C@@H]1O. The number of carbonyl (C=O) groups is 2. The molecule has 4 rings (SSSR count). The molecule has 0 aliphatic carbocycles. The molecule has 0 radical (unpaired) electrons. The van der Waals surface area contributed by atoms with Crippen LogP contribution in [0.2, 0.25) is 0 Å². The van der Waals surface area contributed by atoms with Crippen molar-refractivity contribution in [3.05, 3.63) is 0 Å². The van der Waals surface area contributed by atoms with Crippen molar-refractivity contribution in [2.24, 2.45) is 11.8 Å². The van der Waals surface area contributed by atoms with Crippen molar-refractivity contribution in [3.63, 3.8) is 0 Å². The van der Waals surface area contributed by atoms with Crippen molar-refractivity contribution in [2.45, 2.75) is 229 Å². The Morgan fingerprint density at radius 2 is 0.847 bits per heavy atom. The van der Waals surface area contributed by atoms with Crippen LogP contribution in [0.15, 0.2) is 0 Å². The maximum atomic E-state index is 13.0. The molecule has 19 atom stereocenters. The van der Waals surface area contributed by atoms with Crippen molar-refractivity contribution < 1.29 is 143 Å². The third kappa shape index (κ3) is 29.0. The van der Waals surface area contributed by atoms with Gasteiger partial charge in [0.1, 0.15) is 62.0 Å². The van der Waals surface area contributed by atoms with E-state index >= 15 is 0 Å². The van der Waals surface area contributed by atoms with Gasteiger partial charge in [0.15, 0.2) is 36.7 Å². The second kappa shape index (κ2) is 38.8. The Hall–Kier alpha value is -0.970. The lowest BCUT2D eigenvalue weighted by atomic mass is 9.92. The minimum atomic E-state index is -4.84. The highest BCUT2D eigenvalue weighted by atomic mass is 31.2. The summed E-state index contributed by atoms with van der Waals surface area (Å²) in [7, 11) is -14.3. The third-order valence-corrected chi connectivity index (χ3v) is 17.4. The molecule has 0 bridgehead atoms. The van der Waals surface area contributed by atoms with E-state index < -0.39 is 167 Å².